The molecule has 2 amide bonds. The van der Waals surface area contributed by atoms with E-state index in [0.717, 1.165) is 0 Å². The van der Waals surface area contributed by atoms with Gasteiger partial charge in [-0.1, -0.05) is 38.1 Å². The van der Waals surface area contributed by atoms with E-state index in [1.807, 2.05) is 39.0 Å². The van der Waals surface area contributed by atoms with Crippen molar-refractivity contribution in [2.75, 3.05) is 0 Å². The smallest absolute Gasteiger partial charge is 0.267 e. The number of hydrogen-bond donors (Lipinski definition) is 1. The van der Waals surface area contributed by atoms with Gasteiger partial charge in [0.15, 0.2) is 0 Å². The third kappa shape index (κ3) is 4.73. The lowest BCUT2D eigenvalue weighted by molar-refractivity contribution is 0.0358. The molecule has 2 aromatic carbocycles. The standard InChI is InChI=1S/C21H25BrN2O2/c1-14(2)15-10-12-16(13-11-15)19(25)23-24(21(3,4)5)20(26)17-8-6-7-9-18(17)22/h6-14H,1-5H3,(H,23,25). The van der Waals surface area contributed by atoms with Crippen LogP contribution in [0.25, 0.3) is 0 Å². The summed E-state index contributed by atoms with van der Waals surface area (Å²) in [5.41, 5.74) is 4.37. The molecule has 0 aromatic heterocycles. The van der Waals surface area contributed by atoms with Crippen LogP contribution < -0.4 is 5.43 Å². The SMILES string of the molecule is CC(C)c1ccc(C(=O)NN(C(=O)c2ccccc2Br)C(C)(C)C)cc1. The van der Waals surface area contributed by atoms with Crippen molar-refractivity contribution in [2.24, 2.45) is 0 Å². The van der Waals surface area contributed by atoms with Gasteiger partial charge in [0.05, 0.1) is 11.1 Å². The molecule has 0 aliphatic heterocycles. The Balaban J connectivity index is 2.27. The Bertz CT molecular complexity index is 792. The van der Waals surface area contributed by atoms with Gasteiger partial charge >= 0.3 is 0 Å². The number of halogens is 1. The van der Waals surface area contributed by atoms with Gasteiger partial charge in [-0.2, -0.15) is 0 Å². The molecule has 1 N–H and O–H groups in total. The highest BCUT2D eigenvalue weighted by Gasteiger charge is 2.30. The highest BCUT2D eigenvalue weighted by Crippen LogP contribution is 2.22. The highest BCUT2D eigenvalue weighted by atomic mass is 79.9. The number of amides is 2. The Hall–Kier alpha value is -2.14. The minimum atomic E-state index is -0.583. The van der Waals surface area contributed by atoms with Crippen molar-refractivity contribution in [3.05, 3.63) is 69.7 Å². The summed E-state index contributed by atoms with van der Waals surface area (Å²) in [4.78, 5) is 25.7. The van der Waals surface area contributed by atoms with Gasteiger partial charge < -0.3 is 0 Å². The Morgan fingerprint density at radius 2 is 1.58 bits per heavy atom. The van der Waals surface area contributed by atoms with Crippen molar-refractivity contribution in [2.45, 2.75) is 46.1 Å². The largest absolute Gasteiger partial charge is 0.273 e. The maximum atomic E-state index is 13.0. The molecule has 0 saturated heterocycles. The van der Waals surface area contributed by atoms with Crippen molar-refractivity contribution in [3.63, 3.8) is 0 Å². The Morgan fingerprint density at radius 3 is 2.08 bits per heavy atom. The van der Waals surface area contributed by atoms with Crippen LogP contribution in [0.4, 0.5) is 0 Å². The summed E-state index contributed by atoms with van der Waals surface area (Å²) in [6.45, 7) is 9.84. The third-order valence-electron chi connectivity index (χ3n) is 4.03. The fourth-order valence-electron chi connectivity index (χ4n) is 2.46. The van der Waals surface area contributed by atoms with E-state index in [1.165, 1.54) is 10.6 Å². The Kier molecular flexibility index (Phi) is 6.24. The minimum absolute atomic E-state index is 0.267. The third-order valence-corrected chi connectivity index (χ3v) is 4.72. The molecule has 2 rings (SSSR count). The number of hydrazine groups is 1. The Labute approximate surface area is 163 Å². The second-order valence-corrected chi connectivity index (χ2v) is 8.36. The molecule has 0 atom stereocenters. The van der Waals surface area contributed by atoms with Gasteiger partial charge in [0.25, 0.3) is 11.8 Å². The van der Waals surface area contributed by atoms with Crippen molar-refractivity contribution in [1.82, 2.24) is 10.4 Å². The number of hydrogen-bond acceptors (Lipinski definition) is 2. The second kappa shape index (κ2) is 8.04. The van der Waals surface area contributed by atoms with Gasteiger partial charge in [-0.05, 0) is 72.4 Å². The number of carbonyl (C=O) groups is 2. The van der Waals surface area contributed by atoms with E-state index in [0.29, 0.717) is 21.5 Å². The zero-order valence-corrected chi connectivity index (χ0v) is 17.4. The highest BCUT2D eigenvalue weighted by molar-refractivity contribution is 9.10. The molecule has 4 nitrogen and oxygen atoms in total. The summed E-state index contributed by atoms with van der Waals surface area (Å²) in [7, 11) is 0. The first-order chi connectivity index (χ1) is 12.1. The van der Waals surface area contributed by atoms with Crippen LogP contribution in [0.5, 0.6) is 0 Å². The normalized spacial score (nSPS) is 11.3. The van der Waals surface area contributed by atoms with E-state index in [1.54, 1.807) is 30.3 Å². The van der Waals surface area contributed by atoms with Crippen molar-refractivity contribution >= 4 is 27.7 Å². The molecule has 0 unspecified atom stereocenters. The van der Waals surface area contributed by atoms with Crippen LogP contribution in [-0.2, 0) is 0 Å². The fraction of sp³-hybridized carbons (Fsp3) is 0.333. The van der Waals surface area contributed by atoms with E-state index in [4.69, 9.17) is 0 Å². The predicted molar refractivity (Wildman–Crippen MR) is 108 cm³/mol. The first-order valence-corrected chi connectivity index (χ1v) is 9.40. The maximum absolute atomic E-state index is 13.0. The van der Waals surface area contributed by atoms with Crippen molar-refractivity contribution in [3.8, 4) is 0 Å². The van der Waals surface area contributed by atoms with E-state index in [-0.39, 0.29) is 11.8 Å². The molecule has 0 fully saturated rings. The molecule has 5 heteroatoms. The molecular weight excluding hydrogens is 392 g/mol. The second-order valence-electron chi connectivity index (χ2n) is 7.51. The van der Waals surface area contributed by atoms with E-state index in [2.05, 4.69) is 35.2 Å². The van der Waals surface area contributed by atoms with Gasteiger partial charge in [-0.15, -0.1) is 0 Å². The quantitative estimate of drug-likeness (QED) is 0.702. The van der Waals surface area contributed by atoms with Gasteiger partial charge in [-0.25, -0.2) is 5.01 Å². The summed E-state index contributed by atoms with van der Waals surface area (Å²) in [5.74, 6) is -0.178. The zero-order valence-electron chi connectivity index (χ0n) is 15.8. The van der Waals surface area contributed by atoms with Gasteiger partial charge in [-0.3, -0.25) is 15.0 Å². The zero-order chi connectivity index (χ0) is 19.5. The summed E-state index contributed by atoms with van der Waals surface area (Å²) < 4.78 is 0.690. The van der Waals surface area contributed by atoms with Crippen LogP contribution in [-0.4, -0.2) is 22.4 Å². The number of carbonyl (C=O) groups excluding carboxylic acids is 2. The average molecular weight is 417 g/mol. The number of nitrogens with one attached hydrogen (secondary N) is 1. The van der Waals surface area contributed by atoms with Crippen molar-refractivity contribution in [1.29, 1.82) is 0 Å². The molecule has 0 spiro atoms. The molecule has 0 bridgehead atoms. The van der Waals surface area contributed by atoms with Crippen LogP contribution in [0.15, 0.2) is 53.0 Å². The van der Waals surface area contributed by atoms with Gasteiger partial charge in [0.1, 0.15) is 0 Å². The first-order valence-electron chi connectivity index (χ1n) is 8.61. The minimum Gasteiger partial charge on any atom is -0.267 e. The molecular formula is C21H25BrN2O2. The molecule has 0 saturated carbocycles. The van der Waals surface area contributed by atoms with Crippen molar-refractivity contribution < 1.29 is 9.59 Å². The topological polar surface area (TPSA) is 49.4 Å². The number of nitrogens with zero attached hydrogens (tertiary/aromatic N) is 1. The molecule has 0 aliphatic rings. The van der Waals surface area contributed by atoms with Gasteiger partial charge in [0, 0.05) is 10.0 Å². The van der Waals surface area contributed by atoms with E-state index < -0.39 is 5.54 Å². The number of rotatable bonds is 3. The predicted octanol–water partition coefficient (Wildman–Crippen LogP) is 5.16. The summed E-state index contributed by atoms with van der Waals surface area (Å²) in [5, 5.41) is 1.38. The van der Waals surface area contributed by atoms with E-state index in [9.17, 15) is 9.59 Å². The summed E-state index contributed by atoms with van der Waals surface area (Å²) in [6.07, 6.45) is 0. The fourth-order valence-corrected chi connectivity index (χ4v) is 2.92. The molecule has 0 radical (unpaired) electrons. The molecule has 0 heterocycles. The number of benzene rings is 2. The lowest BCUT2D eigenvalue weighted by atomic mass is 10.0. The monoisotopic (exact) mass is 416 g/mol. The van der Waals surface area contributed by atoms with Crippen LogP contribution in [0.2, 0.25) is 0 Å². The molecule has 138 valence electrons. The summed E-state index contributed by atoms with van der Waals surface area (Å²) >= 11 is 3.40. The van der Waals surface area contributed by atoms with Crippen LogP contribution in [0, 0.1) is 0 Å². The van der Waals surface area contributed by atoms with Gasteiger partial charge in [0.2, 0.25) is 0 Å². The summed E-state index contributed by atoms with van der Waals surface area (Å²) in [6, 6.07) is 14.6. The van der Waals surface area contributed by atoms with Crippen LogP contribution in [0.3, 0.4) is 0 Å². The molecule has 26 heavy (non-hydrogen) atoms. The Morgan fingerprint density at radius 1 is 1.00 bits per heavy atom. The lowest BCUT2D eigenvalue weighted by Gasteiger charge is -2.35. The van der Waals surface area contributed by atoms with Crippen LogP contribution in [0.1, 0.15) is 66.8 Å². The lowest BCUT2D eigenvalue weighted by Crippen LogP contribution is -2.56. The first kappa shape index (κ1) is 20.2. The molecule has 2 aromatic rings. The average Bonchev–Trinajstić information content (AvgIpc) is 2.58. The van der Waals surface area contributed by atoms with E-state index >= 15 is 0 Å². The maximum Gasteiger partial charge on any atom is 0.273 e. The molecule has 0 aliphatic carbocycles. The van der Waals surface area contributed by atoms with Crippen LogP contribution >= 0.6 is 15.9 Å².